The van der Waals surface area contributed by atoms with Crippen LogP contribution in [0.25, 0.3) is 22.2 Å². The van der Waals surface area contributed by atoms with Crippen molar-refractivity contribution in [1.29, 1.82) is 0 Å². The van der Waals surface area contributed by atoms with Crippen LogP contribution in [-0.2, 0) is 4.74 Å². The molecule has 2 fully saturated rings. The number of hydrogen-bond acceptors (Lipinski definition) is 6. The van der Waals surface area contributed by atoms with Gasteiger partial charge in [-0.25, -0.2) is 9.97 Å². The monoisotopic (exact) mass is 442 g/mol. The predicted octanol–water partition coefficient (Wildman–Crippen LogP) is 5.01. The first-order valence-corrected chi connectivity index (χ1v) is 11.2. The Kier molecular flexibility index (Phi) is 5.44. The zero-order valence-electron chi connectivity index (χ0n) is 18.1. The summed E-state index contributed by atoms with van der Waals surface area (Å²) in [4.78, 5) is 13.5. The molecule has 170 valence electrons. The number of ether oxygens (including phenoxy) is 1. The second-order valence-electron chi connectivity index (χ2n) is 9.14. The minimum Gasteiger partial charge on any atom is -0.384 e. The second-order valence-corrected chi connectivity index (χ2v) is 9.14. The summed E-state index contributed by atoms with van der Waals surface area (Å²) in [6.45, 7) is -1.16. The summed E-state index contributed by atoms with van der Waals surface area (Å²) in [5.74, 6) is 0.881. The number of aromatic nitrogens is 4. The zero-order valence-corrected chi connectivity index (χ0v) is 18.1. The fourth-order valence-corrected chi connectivity index (χ4v) is 5.12. The van der Waals surface area contributed by atoms with Gasteiger partial charge in [0.1, 0.15) is 11.5 Å². The summed E-state index contributed by atoms with van der Waals surface area (Å²) in [6, 6.07) is 3.82. The van der Waals surface area contributed by atoms with Crippen LogP contribution in [-0.4, -0.2) is 38.8 Å². The molecule has 5 rings (SSSR count). The van der Waals surface area contributed by atoms with E-state index in [9.17, 15) is 8.78 Å². The smallest absolute Gasteiger partial charge is 0.345 e. The Balaban J connectivity index is 1.50. The van der Waals surface area contributed by atoms with E-state index in [4.69, 9.17) is 10.7 Å². The van der Waals surface area contributed by atoms with Crippen molar-refractivity contribution in [2.24, 2.45) is 5.41 Å². The first kappa shape index (κ1) is 21.1. The van der Waals surface area contributed by atoms with Gasteiger partial charge in [0.15, 0.2) is 0 Å². The third kappa shape index (κ3) is 4.01. The second kappa shape index (κ2) is 8.27. The van der Waals surface area contributed by atoms with Crippen molar-refractivity contribution < 1.29 is 13.5 Å². The Hall–Kier alpha value is -2.81. The van der Waals surface area contributed by atoms with E-state index in [1.54, 1.807) is 25.4 Å². The van der Waals surface area contributed by atoms with E-state index in [0.717, 1.165) is 22.2 Å². The molecule has 32 heavy (non-hydrogen) atoms. The highest BCUT2D eigenvalue weighted by Crippen LogP contribution is 2.65. The Morgan fingerprint density at radius 1 is 1.22 bits per heavy atom. The van der Waals surface area contributed by atoms with Gasteiger partial charge in [-0.05, 0) is 43.7 Å². The van der Waals surface area contributed by atoms with Crippen molar-refractivity contribution in [3.8, 4) is 11.1 Å². The first-order chi connectivity index (χ1) is 15.4. The lowest BCUT2D eigenvalue weighted by Gasteiger charge is -2.22. The quantitative estimate of drug-likeness (QED) is 0.534. The highest BCUT2D eigenvalue weighted by Gasteiger charge is 2.55. The number of nitrogens with zero attached hydrogens (tertiary/aromatic N) is 4. The first-order valence-electron chi connectivity index (χ1n) is 11.2. The van der Waals surface area contributed by atoms with Gasteiger partial charge >= 0.3 is 6.61 Å². The van der Waals surface area contributed by atoms with Gasteiger partial charge in [0.25, 0.3) is 0 Å². The van der Waals surface area contributed by atoms with Gasteiger partial charge in [0, 0.05) is 47.2 Å². The number of nitrogens with one attached hydrogen (secondary N) is 1. The van der Waals surface area contributed by atoms with Crippen LogP contribution < -0.4 is 11.1 Å². The van der Waals surface area contributed by atoms with Gasteiger partial charge in [0.05, 0.1) is 6.61 Å². The number of pyridine rings is 1. The van der Waals surface area contributed by atoms with E-state index in [1.807, 2.05) is 6.07 Å². The molecule has 2 atom stereocenters. The lowest BCUT2D eigenvalue weighted by Crippen LogP contribution is -2.24. The van der Waals surface area contributed by atoms with E-state index in [2.05, 4.69) is 30.8 Å². The van der Waals surface area contributed by atoms with Gasteiger partial charge in [0.2, 0.25) is 5.95 Å². The zero-order chi connectivity index (χ0) is 22.3. The SMILES string of the molecule is C[C@@H](COC(F)F)Nc1ncc2c(-c3ccc(N)nc3)cn(C3CC34CCCCC4)c2n1. The summed E-state index contributed by atoms with van der Waals surface area (Å²) in [6.07, 6.45) is 13.3. The highest BCUT2D eigenvalue weighted by molar-refractivity contribution is 5.94. The largest absolute Gasteiger partial charge is 0.384 e. The standard InChI is InChI=1S/C23H28F2N6O/c1-14(13-32-21(24)25)29-22-28-11-16-17(15-5-6-19(26)27-10-15)12-31(20(16)30-22)18-9-23(18)7-3-2-4-8-23/h5-6,10-12,14,18,21H,2-4,7-9,13H2,1H3,(H2,26,27)(H,28,29,30)/t14-,18?/m0/s1. The number of hydrogen-bond donors (Lipinski definition) is 2. The third-order valence-electron chi connectivity index (χ3n) is 6.85. The van der Waals surface area contributed by atoms with Crippen LogP contribution in [0.4, 0.5) is 20.5 Å². The van der Waals surface area contributed by atoms with E-state index >= 15 is 0 Å². The Morgan fingerprint density at radius 2 is 2.03 bits per heavy atom. The number of alkyl halides is 2. The van der Waals surface area contributed by atoms with Gasteiger partial charge in [-0.3, -0.25) is 0 Å². The molecule has 3 heterocycles. The van der Waals surface area contributed by atoms with Gasteiger partial charge < -0.3 is 20.4 Å². The lowest BCUT2D eigenvalue weighted by molar-refractivity contribution is -0.130. The molecule has 0 aromatic carbocycles. The molecule has 2 aliphatic carbocycles. The number of fused-ring (bicyclic) bond motifs is 1. The summed E-state index contributed by atoms with van der Waals surface area (Å²) in [5, 5.41) is 4.02. The predicted molar refractivity (Wildman–Crippen MR) is 119 cm³/mol. The average molecular weight is 443 g/mol. The van der Waals surface area contributed by atoms with Gasteiger partial charge in [-0.15, -0.1) is 0 Å². The van der Waals surface area contributed by atoms with Crippen LogP contribution in [0.2, 0.25) is 0 Å². The molecule has 3 N–H and O–H groups in total. The highest BCUT2D eigenvalue weighted by atomic mass is 19.3. The van der Waals surface area contributed by atoms with Crippen molar-refractivity contribution in [3.05, 3.63) is 30.7 Å². The van der Waals surface area contributed by atoms with E-state index in [0.29, 0.717) is 23.2 Å². The summed E-state index contributed by atoms with van der Waals surface area (Å²) in [5.41, 5.74) is 8.98. The Morgan fingerprint density at radius 3 is 2.75 bits per heavy atom. The normalized spacial score (nSPS) is 20.7. The molecule has 9 heteroatoms. The van der Waals surface area contributed by atoms with Gasteiger partial charge in [-0.1, -0.05) is 19.3 Å². The Labute approximate surface area is 185 Å². The summed E-state index contributed by atoms with van der Waals surface area (Å²) >= 11 is 0. The van der Waals surface area contributed by atoms with Crippen LogP contribution in [0.5, 0.6) is 0 Å². The molecule has 3 aromatic rings. The lowest BCUT2D eigenvalue weighted by atomic mass is 9.86. The molecule has 3 aromatic heterocycles. The fourth-order valence-electron chi connectivity index (χ4n) is 5.12. The van der Waals surface area contributed by atoms with Crippen molar-refractivity contribution in [1.82, 2.24) is 19.5 Å². The molecule has 0 amide bonds. The van der Waals surface area contributed by atoms with Crippen LogP contribution in [0.15, 0.2) is 30.7 Å². The maximum atomic E-state index is 12.4. The molecule has 7 nitrogen and oxygen atoms in total. The minimum absolute atomic E-state index is 0.131. The van der Waals surface area contributed by atoms with Crippen LogP contribution >= 0.6 is 0 Å². The van der Waals surface area contributed by atoms with Crippen molar-refractivity contribution in [2.45, 2.75) is 64.1 Å². The van der Waals surface area contributed by atoms with Crippen LogP contribution in [0.1, 0.15) is 51.5 Å². The molecule has 0 bridgehead atoms. The van der Waals surface area contributed by atoms with Crippen LogP contribution in [0.3, 0.4) is 0 Å². The van der Waals surface area contributed by atoms with Crippen molar-refractivity contribution in [2.75, 3.05) is 17.7 Å². The molecular formula is C23H28F2N6O. The van der Waals surface area contributed by atoms with Crippen molar-refractivity contribution >= 4 is 22.8 Å². The van der Waals surface area contributed by atoms with Crippen molar-refractivity contribution in [3.63, 3.8) is 0 Å². The average Bonchev–Trinajstić information content (AvgIpc) is 3.32. The molecular weight excluding hydrogens is 414 g/mol. The van der Waals surface area contributed by atoms with E-state index in [-0.39, 0.29) is 12.6 Å². The van der Waals surface area contributed by atoms with E-state index in [1.165, 1.54) is 38.5 Å². The molecule has 1 spiro atoms. The molecule has 1 unspecified atom stereocenters. The maximum absolute atomic E-state index is 12.4. The molecule has 2 saturated carbocycles. The number of nitrogens with two attached hydrogens (primary N) is 1. The minimum atomic E-state index is -2.79. The summed E-state index contributed by atoms with van der Waals surface area (Å²) < 4.78 is 31.4. The van der Waals surface area contributed by atoms with Gasteiger partial charge in [-0.2, -0.15) is 13.8 Å². The topological polar surface area (TPSA) is 90.9 Å². The molecule has 2 aliphatic rings. The van der Waals surface area contributed by atoms with E-state index < -0.39 is 6.61 Å². The number of nitrogen functional groups attached to an aromatic ring is 1. The molecule has 0 radical (unpaired) electrons. The number of rotatable bonds is 7. The summed E-state index contributed by atoms with van der Waals surface area (Å²) in [7, 11) is 0. The third-order valence-corrected chi connectivity index (χ3v) is 6.85. The fraction of sp³-hybridized carbons (Fsp3) is 0.522. The van der Waals surface area contributed by atoms with Crippen LogP contribution in [0, 0.1) is 5.41 Å². The molecule has 0 saturated heterocycles. The molecule has 0 aliphatic heterocycles. The number of halogens is 2. The maximum Gasteiger partial charge on any atom is 0.345 e. The Bertz CT molecular complexity index is 1090. The number of anilines is 2.